The van der Waals surface area contributed by atoms with E-state index < -0.39 is 5.82 Å². The lowest BCUT2D eigenvalue weighted by Crippen LogP contribution is -2.40. The highest BCUT2D eigenvalue weighted by atomic mass is 19.1. The second-order valence-electron chi connectivity index (χ2n) is 7.24. The quantitative estimate of drug-likeness (QED) is 0.830. The molecule has 1 fully saturated rings. The van der Waals surface area contributed by atoms with Gasteiger partial charge >= 0.3 is 0 Å². The van der Waals surface area contributed by atoms with Gasteiger partial charge in [-0.15, -0.1) is 0 Å². The summed E-state index contributed by atoms with van der Waals surface area (Å²) in [5, 5.41) is 2.59. The highest BCUT2D eigenvalue weighted by Crippen LogP contribution is 2.23. The SMILES string of the molecule is Cc1cc(C(=O)N2CCCC(CCC(=O)Nc3ccccc3F)C2)cc(=O)[nH]1. The van der Waals surface area contributed by atoms with Crippen LogP contribution in [0, 0.1) is 18.7 Å². The standard InChI is InChI=1S/C21H24FN3O3/c1-14-11-16(12-20(27)23-14)21(28)25-10-4-5-15(13-25)8-9-19(26)24-18-7-3-2-6-17(18)22/h2-3,6-7,11-12,15H,4-5,8-10,13H2,1H3,(H,23,27)(H,24,26). The summed E-state index contributed by atoms with van der Waals surface area (Å²) in [7, 11) is 0. The van der Waals surface area contributed by atoms with Gasteiger partial charge in [-0.2, -0.15) is 0 Å². The number of para-hydroxylation sites is 1. The largest absolute Gasteiger partial charge is 0.338 e. The van der Waals surface area contributed by atoms with Gasteiger partial charge in [0.2, 0.25) is 11.5 Å². The van der Waals surface area contributed by atoms with Crippen LogP contribution in [0.3, 0.4) is 0 Å². The number of aryl methyl sites for hydroxylation is 1. The minimum absolute atomic E-state index is 0.158. The number of piperidine rings is 1. The molecule has 0 spiro atoms. The van der Waals surface area contributed by atoms with Crippen LogP contribution < -0.4 is 10.9 Å². The number of nitrogens with zero attached hydrogens (tertiary/aromatic N) is 1. The van der Waals surface area contributed by atoms with E-state index in [1.807, 2.05) is 0 Å². The number of aromatic nitrogens is 1. The van der Waals surface area contributed by atoms with Crippen LogP contribution in [0.5, 0.6) is 0 Å². The topological polar surface area (TPSA) is 82.3 Å². The predicted octanol–water partition coefficient (Wildman–Crippen LogP) is 3.09. The Hall–Kier alpha value is -2.96. The van der Waals surface area contributed by atoms with Gasteiger partial charge in [0.1, 0.15) is 5.82 Å². The molecule has 1 aliphatic rings. The molecule has 0 saturated carbocycles. The van der Waals surface area contributed by atoms with Crippen molar-refractivity contribution in [1.29, 1.82) is 0 Å². The summed E-state index contributed by atoms with van der Waals surface area (Å²) in [6.45, 7) is 2.94. The van der Waals surface area contributed by atoms with Gasteiger partial charge < -0.3 is 15.2 Å². The van der Waals surface area contributed by atoms with Gasteiger partial charge in [-0.25, -0.2) is 4.39 Å². The van der Waals surface area contributed by atoms with Crippen LogP contribution in [-0.2, 0) is 4.79 Å². The van der Waals surface area contributed by atoms with Gasteiger partial charge in [0.05, 0.1) is 5.69 Å². The average Bonchev–Trinajstić information content (AvgIpc) is 2.67. The molecule has 1 aliphatic heterocycles. The van der Waals surface area contributed by atoms with Crippen molar-refractivity contribution in [1.82, 2.24) is 9.88 Å². The Morgan fingerprint density at radius 3 is 2.82 bits per heavy atom. The molecule has 0 aliphatic carbocycles. The number of amides is 2. The normalized spacial score (nSPS) is 16.6. The predicted molar refractivity (Wildman–Crippen MR) is 105 cm³/mol. The van der Waals surface area contributed by atoms with Crippen LogP contribution in [0.2, 0.25) is 0 Å². The lowest BCUT2D eigenvalue weighted by Gasteiger charge is -2.32. The molecule has 1 saturated heterocycles. The first kappa shape index (κ1) is 19.8. The smallest absolute Gasteiger partial charge is 0.254 e. The molecule has 1 unspecified atom stereocenters. The molecule has 1 atom stereocenters. The molecule has 1 aromatic carbocycles. The van der Waals surface area contributed by atoms with Gasteiger partial charge in [0.25, 0.3) is 5.91 Å². The number of benzene rings is 1. The van der Waals surface area contributed by atoms with Crippen LogP contribution in [0.15, 0.2) is 41.2 Å². The first-order valence-electron chi connectivity index (χ1n) is 9.47. The van der Waals surface area contributed by atoms with Gasteiger partial charge in [-0.05, 0) is 50.3 Å². The number of halogens is 1. The minimum Gasteiger partial charge on any atom is -0.338 e. The third-order valence-electron chi connectivity index (χ3n) is 4.96. The molecule has 0 radical (unpaired) electrons. The first-order chi connectivity index (χ1) is 13.4. The Bertz CT molecular complexity index is 925. The molecular formula is C21H24FN3O3. The molecule has 2 heterocycles. The number of anilines is 1. The summed E-state index contributed by atoms with van der Waals surface area (Å²) in [6, 6.07) is 9.06. The van der Waals surface area contributed by atoms with Gasteiger partial charge in [-0.1, -0.05) is 12.1 Å². The molecule has 3 rings (SSSR count). The summed E-state index contributed by atoms with van der Waals surface area (Å²) in [5.41, 5.74) is 0.924. The second kappa shape index (κ2) is 8.82. The highest BCUT2D eigenvalue weighted by molar-refractivity contribution is 5.94. The van der Waals surface area contributed by atoms with Crippen molar-refractivity contribution in [3.8, 4) is 0 Å². The highest BCUT2D eigenvalue weighted by Gasteiger charge is 2.25. The maximum atomic E-state index is 13.6. The van der Waals surface area contributed by atoms with Crippen molar-refractivity contribution in [2.45, 2.75) is 32.6 Å². The van der Waals surface area contributed by atoms with Crippen LogP contribution in [-0.4, -0.2) is 34.8 Å². The summed E-state index contributed by atoms with van der Waals surface area (Å²) < 4.78 is 13.6. The average molecular weight is 385 g/mol. The fraction of sp³-hybridized carbons (Fsp3) is 0.381. The number of carbonyl (C=O) groups is 2. The van der Waals surface area contributed by atoms with Crippen molar-refractivity contribution in [3.05, 3.63) is 63.8 Å². The Morgan fingerprint density at radius 2 is 2.07 bits per heavy atom. The Kier molecular flexibility index (Phi) is 6.23. The van der Waals surface area contributed by atoms with E-state index >= 15 is 0 Å². The first-order valence-corrected chi connectivity index (χ1v) is 9.47. The van der Waals surface area contributed by atoms with Crippen LogP contribution in [0.1, 0.15) is 41.7 Å². The van der Waals surface area contributed by atoms with E-state index in [2.05, 4.69) is 10.3 Å². The van der Waals surface area contributed by atoms with Crippen LogP contribution in [0.4, 0.5) is 10.1 Å². The number of nitrogens with one attached hydrogen (secondary N) is 2. The molecular weight excluding hydrogens is 361 g/mol. The van der Waals surface area contributed by atoms with Crippen LogP contribution in [0.25, 0.3) is 0 Å². The zero-order valence-electron chi connectivity index (χ0n) is 15.8. The van der Waals surface area contributed by atoms with Crippen LogP contribution >= 0.6 is 0 Å². The molecule has 1 aromatic heterocycles. The van der Waals surface area contributed by atoms with E-state index in [0.717, 1.165) is 12.8 Å². The van der Waals surface area contributed by atoms with Crippen molar-refractivity contribution in [2.75, 3.05) is 18.4 Å². The molecule has 148 valence electrons. The second-order valence-corrected chi connectivity index (χ2v) is 7.24. The maximum absolute atomic E-state index is 13.6. The van der Waals surface area contributed by atoms with E-state index in [4.69, 9.17) is 0 Å². The number of rotatable bonds is 5. The third-order valence-corrected chi connectivity index (χ3v) is 4.96. The lowest BCUT2D eigenvalue weighted by atomic mass is 9.92. The molecule has 2 N–H and O–H groups in total. The minimum atomic E-state index is -0.460. The number of hydrogen-bond acceptors (Lipinski definition) is 3. The van der Waals surface area contributed by atoms with E-state index in [0.29, 0.717) is 30.8 Å². The van der Waals surface area contributed by atoms with Crippen molar-refractivity contribution in [2.24, 2.45) is 5.92 Å². The molecule has 7 heteroatoms. The van der Waals surface area contributed by atoms with E-state index in [9.17, 15) is 18.8 Å². The monoisotopic (exact) mass is 385 g/mol. The number of H-pyrrole nitrogens is 1. The molecule has 0 bridgehead atoms. The van der Waals surface area contributed by atoms with Crippen molar-refractivity contribution >= 4 is 17.5 Å². The summed E-state index contributed by atoms with van der Waals surface area (Å²) in [6.07, 6.45) is 2.68. The number of carbonyl (C=O) groups excluding carboxylic acids is 2. The number of aromatic amines is 1. The molecule has 2 aromatic rings. The summed E-state index contributed by atoms with van der Waals surface area (Å²) in [4.78, 5) is 40.8. The van der Waals surface area contributed by atoms with E-state index in [1.54, 1.807) is 30.0 Å². The van der Waals surface area contributed by atoms with E-state index in [1.165, 1.54) is 18.2 Å². The zero-order valence-corrected chi connectivity index (χ0v) is 15.8. The number of pyridine rings is 1. The number of hydrogen-bond donors (Lipinski definition) is 2. The zero-order chi connectivity index (χ0) is 20.1. The molecule has 28 heavy (non-hydrogen) atoms. The van der Waals surface area contributed by atoms with Gasteiger partial charge in [0, 0.05) is 36.8 Å². The fourth-order valence-corrected chi connectivity index (χ4v) is 3.58. The Labute approximate surface area is 162 Å². The fourth-order valence-electron chi connectivity index (χ4n) is 3.58. The number of likely N-dealkylation sites (tertiary alicyclic amines) is 1. The molecule has 2 amide bonds. The summed E-state index contributed by atoms with van der Waals surface area (Å²) >= 11 is 0. The van der Waals surface area contributed by atoms with E-state index in [-0.39, 0.29) is 35.4 Å². The summed E-state index contributed by atoms with van der Waals surface area (Å²) in [5.74, 6) is -0.654. The van der Waals surface area contributed by atoms with Gasteiger partial charge in [0.15, 0.2) is 0 Å². The van der Waals surface area contributed by atoms with Crippen molar-refractivity contribution < 1.29 is 14.0 Å². The Morgan fingerprint density at radius 1 is 1.29 bits per heavy atom. The maximum Gasteiger partial charge on any atom is 0.254 e. The Balaban J connectivity index is 1.54. The lowest BCUT2D eigenvalue weighted by molar-refractivity contribution is -0.116. The third kappa shape index (κ3) is 5.06. The van der Waals surface area contributed by atoms with Gasteiger partial charge in [-0.3, -0.25) is 14.4 Å². The molecule has 6 nitrogen and oxygen atoms in total. The van der Waals surface area contributed by atoms with Crippen molar-refractivity contribution in [3.63, 3.8) is 0 Å².